The summed E-state index contributed by atoms with van der Waals surface area (Å²) in [6.07, 6.45) is 3.84. The monoisotopic (exact) mass is 370 g/mol. The molecule has 0 N–H and O–H groups in total. The highest BCUT2D eigenvalue weighted by molar-refractivity contribution is 5.42. The van der Waals surface area contributed by atoms with Crippen LogP contribution in [0.5, 0.6) is 5.75 Å². The fourth-order valence-corrected chi connectivity index (χ4v) is 3.62. The van der Waals surface area contributed by atoms with Crippen LogP contribution in [-0.2, 0) is 6.54 Å². The Balaban J connectivity index is 1.73. The van der Waals surface area contributed by atoms with Gasteiger partial charge in [0.05, 0.1) is 25.0 Å². The third kappa shape index (κ3) is 4.50. The Hall–Kier alpha value is -2.34. The molecule has 0 amide bonds. The van der Waals surface area contributed by atoms with Crippen LogP contribution in [-0.4, -0.2) is 48.0 Å². The lowest BCUT2D eigenvalue weighted by Crippen LogP contribution is -2.40. The number of piperidine rings is 1. The molecule has 0 spiro atoms. The molecule has 1 aliphatic heterocycles. The number of para-hydroxylation sites is 1. The fraction of sp³-hybridized carbons (Fsp3) is 0.524. The highest BCUT2D eigenvalue weighted by atomic mass is 16.5. The van der Waals surface area contributed by atoms with E-state index in [0.29, 0.717) is 6.04 Å². The zero-order valence-corrected chi connectivity index (χ0v) is 16.8. The molecule has 1 fully saturated rings. The Bertz CT molecular complexity index is 818. The van der Waals surface area contributed by atoms with Crippen LogP contribution in [0.25, 0.3) is 0 Å². The molecule has 0 bridgehead atoms. The molecule has 27 heavy (non-hydrogen) atoms. The third-order valence-electron chi connectivity index (χ3n) is 5.41. The van der Waals surface area contributed by atoms with E-state index in [-0.39, 0.29) is 11.6 Å². The van der Waals surface area contributed by atoms with E-state index < -0.39 is 0 Å². The number of anilines is 1. The van der Waals surface area contributed by atoms with E-state index in [4.69, 9.17) is 4.74 Å². The molecular formula is C21H30N4O2. The van der Waals surface area contributed by atoms with E-state index in [1.54, 1.807) is 24.1 Å². The number of methoxy groups -OCH3 is 1. The van der Waals surface area contributed by atoms with E-state index in [9.17, 15) is 4.79 Å². The van der Waals surface area contributed by atoms with Crippen molar-refractivity contribution in [3.8, 4) is 5.75 Å². The van der Waals surface area contributed by atoms with Crippen molar-refractivity contribution in [2.45, 2.75) is 45.3 Å². The molecule has 2 heterocycles. The summed E-state index contributed by atoms with van der Waals surface area (Å²) >= 11 is 0. The molecule has 1 aromatic carbocycles. The molecule has 3 rings (SSSR count). The molecule has 6 heteroatoms. The minimum Gasteiger partial charge on any atom is -0.496 e. The van der Waals surface area contributed by atoms with Crippen LogP contribution < -0.4 is 15.2 Å². The van der Waals surface area contributed by atoms with E-state index in [1.165, 1.54) is 5.56 Å². The van der Waals surface area contributed by atoms with Crippen LogP contribution in [0.3, 0.4) is 0 Å². The Morgan fingerprint density at radius 3 is 2.81 bits per heavy atom. The van der Waals surface area contributed by atoms with Crippen LogP contribution >= 0.6 is 0 Å². The van der Waals surface area contributed by atoms with Gasteiger partial charge in [-0.3, -0.25) is 9.69 Å². The molecule has 1 aromatic heterocycles. The van der Waals surface area contributed by atoms with Crippen LogP contribution in [0.2, 0.25) is 0 Å². The normalized spacial score (nSPS) is 17.9. The SMILES string of the molecule is COc1ccccc1CN1CCC[C@@H](n2ncc(N(C)C(C)C)cc2=O)C1. The topological polar surface area (TPSA) is 50.6 Å². The predicted molar refractivity (Wildman–Crippen MR) is 109 cm³/mol. The number of nitrogens with zero attached hydrogens (tertiary/aromatic N) is 4. The summed E-state index contributed by atoms with van der Waals surface area (Å²) in [6, 6.07) is 10.3. The van der Waals surface area contributed by atoms with E-state index in [0.717, 1.165) is 43.9 Å². The van der Waals surface area contributed by atoms with Crippen LogP contribution in [0.4, 0.5) is 5.69 Å². The molecule has 0 saturated carbocycles. The first-order valence-corrected chi connectivity index (χ1v) is 9.65. The van der Waals surface area contributed by atoms with Gasteiger partial charge < -0.3 is 9.64 Å². The average Bonchev–Trinajstić information content (AvgIpc) is 2.68. The minimum absolute atomic E-state index is 0.0239. The first-order chi connectivity index (χ1) is 13.0. The molecule has 0 unspecified atom stereocenters. The summed E-state index contributed by atoms with van der Waals surface area (Å²) in [7, 11) is 3.69. The molecule has 6 nitrogen and oxygen atoms in total. The van der Waals surface area contributed by atoms with Crippen LogP contribution in [0, 0.1) is 0 Å². The maximum absolute atomic E-state index is 12.7. The van der Waals surface area contributed by atoms with Crippen LogP contribution in [0.1, 0.15) is 38.3 Å². The smallest absolute Gasteiger partial charge is 0.269 e. The second kappa shape index (κ2) is 8.57. The average molecular weight is 370 g/mol. The number of benzene rings is 1. The summed E-state index contributed by atoms with van der Waals surface area (Å²) in [5, 5.41) is 4.49. The fourth-order valence-electron chi connectivity index (χ4n) is 3.62. The summed E-state index contributed by atoms with van der Waals surface area (Å²) < 4.78 is 7.13. The van der Waals surface area contributed by atoms with Gasteiger partial charge >= 0.3 is 0 Å². The first-order valence-electron chi connectivity index (χ1n) is 9.65. The lowest BCUT2D eigenvalue weighted by molar-refractivity contribution is 0.158. The van der Waals surface area contributed by atoms with Gasteiger partial charge in [-0.25, -0.2) is 4.68 Å². The molecule has 1 atom stereocenters. The van der Waals surface area contributed by atoms with Crippen molar-refractivity contribution >= 4 is 5.69 Å². The standard InChI is InChI=1S/C21H30N4O2/c1-16(2)23(3)19-12-21(26)25(22-13-19)18-9-7-11-24(15-18)14-17-8-5-6-10-20(17)27-4/h5-6,8,10,12-13,16,18H,7,9,11,14-15H2,1-4H3/t18-/m1/s1. The lowest BCUT2D eigenvalue weighted by atomic mass is 10.0. The van der Waals surface area contributed by atoms with Crippen molar-refractivity contribution in [3.05, 3.63) is 52.4 Å². The number of rotatable bonds is 6. The van der Waals surface area contributed by atoms with E-state index >= 15 is 0 Å². The summed E-state index contributed by atoms with van der Waals surface area (Å²) in [6.45, 7) is 6.87. The van der Waals surface area contributed by atoms with Crippen molar-refractivity contribution < 1.29 is 4.74 Å². The molecule has 0 aliphatic carbocycles. The highest BCUT2D eigenvalue weighted by Crippen LogP contribution is 2.25. The number of hydrogen-bond acceptors (Lipinski definition) is 5. The van der Waals surface area contributed by atoms with Crippen molar-refractivity contribution in [2.24, 2.45) is 0 Å². The summed E-state index contributed by atoms with van der Waals surface area (Å²) in [5.74, 6) is 0.913. The van der Waals surface area contributed by atoms with Crippen molar-refractivity contribution in [3.63, 3.8) is 0 Å². The van der Waals surface area contributed by atoms with Gasteiger partial charge in [-0.1, -0.05) is 18.2 Å². The Labute approximate surface area is 161 Å². The van der Waals surface area contributed by atoms with E-state index in [1.807, 2.05) is 25.2 Å². The number of likely N-dealkylation sites (tertiary alicyclic amines) is 1. The van der Waals surface area contributed by atoms with Gasteiger partial charge in [0.25, 0.3) is 5.56 Å². The maximum atomic E-state index is 12.7. The van der Waals surface area contributed by atoms with Gasteiger partial charge in [0.1, 0.15) is 5.75 Å². The third-order valence-corrected chi connectivity index (χ3v) is 5.41. The van der Waals surface area contributed by atoms with E-state index in [2.05, 4.69) is 34.8 Å². The van der Waals surface area contributed by atoms with Gasteiger partial charge in [0.2, 0.25) is 0 Å². The van der Waals surface area contributed by atoms with Gasteiger partial charge in [-0.15, -0.1) is 0 Å². The van der Waals surface area contributed by atoms with Crippen LogP contribution in [0.15, 0.2) is 41.3 Å². The Morgan fingerprint density at radius 1 is 1.33 bits per heavy atom. The van der Waals surface area contributed by atoms with Gasteiger partial charge in [0.15, 0.2) is 0 Å². The molecule has 1 saturated heterocycles. The minimum atomic E-state index is -0.0239. The second-order valence-electron chi connectivity index (χ2n) is 7.54. The van der Waals surface area contributed by atoms with Crippen molar-refractivity contribution in [1.29, 1.82) is 0 Å². The zero-order chi connectivity index (χ0) is 19.4. The summed E-state index contributed by atoms with van der Waals surface area (Å²) in [4.78, 5) is 17.1. The van der Waals surface area contributed by atoms with Gasteiger partial charge in [0, 0.05) is 37.8 Å². The zero-order valence-electron chi connectivity index (χ0n) is 16.8. The highest BCUT2D eigenvalue weighted by Gasteiger charge is 2.24. The summed E-state index contributed by atoms with van der Waals surface area (Å²) in [5.41, 5.74) is 2.02. The second-order valence-corrected chi connectivity index (χ2v) is 7.54. The van der Waals surface area contributed by atoms with Gasteiger partial charge in [-0.05, 0) is 39.3 Å². The lowest BCUT2D eigenvalue weighted by Gasteiger charge is -2.33. The predicted octanol–water partition coefficient (Wildman–Crippen LogP) is 2.93. The Kier molecular flexibility index (Phi) is 6.16. The largest absolute Gasteiger partial charge is 0.496 e. The van der Waals surface area contributed by atoms with Gasteiger partial charge in [-0.2, -0.15) is 5.10 Å². The number of ether oxygens (including phenoxy) is 1. The quantitative estimate of drug-likeness (QED) is 0.783. The number of aromatic nitrogens is 2. The van der Waals surface area contributed by atoms with Crippen molar-refractivity contribution in [2.75, 3.05) is 32.1 Å². The molecule has 2 aromatic rings. The first kappa shape index (κ1) is 19.4. The maximum Gasteiger partial charge on any atom is 0.269 e. The molecular weight excluding hydrogens is 340 g/mol. The molecule has 0 radical (unpaired) electrons. The number of hydrogen-bond donors (Lipinski definition) is 0. The van der Waals surface area contributed by atoms with Crippen molar-refractivity contribution in [1.82, 2.24) is 14.7 Å². The Morgan fingerprint density at radius 2 is 2.11 bits per heavy atom. The molecule has 1 aliphatic rings. The molecule has 146 valence electrons.